The molecule has 0 aliphatic heterocycles. The average molecular weight is 307 g/mol. The zero-order valence-corrected chi connectivity index (χ0v) is 12.2. The van der Waals surface area contributed by atoms with E-state index >= 15 is 0 Å². The number of hydrogen-bond acceptors (Lipinski definition) is 1. The van der Waals surface area contributed by atoms with Crippen molar-refractivity contribution >= 4 is 11.6 Å². The second-order valence-electron chi connectivity index (χ2n) is 4.87. The van der Waals surface area contributed by atoms with E-state index < -0.39 is 11.6 Å². The summed E-state index contributed by atoms with van der Waals surface area (Å²) in [5, 5.41) is 0. The number of aryl methyl sites for hydroxylation is 1. The van der Waals surface area contributed by atoms with Gasteiger partial charge >= 0.3 is 0 Å². The molecule has 2 aromatic carbocycles. The highest BCUT2D eigenvalue weighted by Gasteiger charge is 2.15. The van der Waals surface area contributed by atoms with Crippen LogP contribution in [0.15, 0.2) is 42.5 Å². The number of carbonyl (C=O) groups excluding carboxylic acids is 1. The number of halogens is 3. The van der Waals surface area contributed by atoms with E-state index in [1.165, 1.54) is 23.1 Å². The van der Waals surface area contributed by atoms with Crippen LogP contribution in [-0.4, -0.2) is 12.5 Å². The summed E-state index contributed by atoms with van der Waals surface area (Å²) in [6, 6.07) is 9.40. The van der Waals surface area contributed by atoms with Crippen molar-refractivity contribution in [3.8, 4) is 0 Å². The van der Waals surface area contributed by atoms with Crippen LogP contribution >= 0.6 is 0 Å². The van der Waals surface area contributed by atoms with Crippen LogP contribution in [0.2, 0.25) is 0 Å². The molecule has 0 aliphatic rings. The van der Waals surface area contributed by atoms with E-state index in [4.69, 9.17) is 0 Å². The Hall–Kier alpha value is -2.30. The third kappa shape index (κ3) is 3.87. The van der Waals surface area contributed by atoms with Gasteiger partial charge in [0.1, 0.15) is 5.82 Å². The summed E-state index contributed by atoms with van der Waals surface area (Å²) in [6.07, 6.45) is 0.549. The van der Waals surface area contributed by atoms with Gasteiger partial charge in [-0.25, -0.2) is 13.2 Å². The third-order valence-electron chi connectivity index (χ3n) is 3.35. The van der Waals surface area contributed by atoms with E-state index in [0.717, 1.165) is 17.7 Å². The van der Waals surface area contributed by atoms with Crippen LogP contribution in [0.1, 0.15) is 18.9 Å². The van der Waals surface area contributed by atoms with E-state index in [9.17, 15) is 18.0 Å². The normalized spacial score (nSPS) is 10.5. The first kappa shape index (κ1) is 16.1. The van der Waals surface area contributed by atoms with Crippen LogP contribution in [-0.2, 0) is 11.2 Å². The van der Waals surface area contributed by atoms with Gasteiger partial charge in [0, 0.05) is 24.7 Å². The van der Waals surface area contributed by atoms with Crippen molar-refractivity contribution < 1.29 is 18.0 Å². The fourth-order valence-corrected chi connectivity index (χ4v) is 2.23. The predicted octanol–water partition coefficient (Wildman–Crippen LogP) is 4.09. The molecule has 1 amide bonds. The largest absolute Gasteiger partial charge is 0.313 e. The zero-order chi connectivity index (χ0) is 16.1. The minimum atomic E-state index is -0.992. The highest BCUT2D eigenvalue weighted by atomic mass is 19.2. The van der Waals surface area contributed by atoms with Crippen molar-refractivity contribution in [2.75, 3.05) is 11.4 Å². The molecule has 2 nitrogen and oxygen atoms in total. The van der Waals surface area contributed by atoms with E-state index in [1.807, 2.05) is 0 Å². The summed E-state index contributed by atoms with van der Waals surface area (Å²) in [5.74, 6) is -2.52. The molecule has 0 radical (unpaired) electrons. The molecule has 0 aliphatic carbocycles. The Morgan fingerprint density at radius 3 is 2.45 bits per heavy atom. The molecule has 0 unspecified atom stereocenters. The van der Waals surface area contributed by atoms with Gasteiger partial charge in [-0.3, -0.25) is 4.79 Å². The quantitative estimate of drug-likeness (QED) is 0.815. The van der Waals surface area contributed by atoms with Gasteiger partial charge in [0.25, 0.3) is 0 Å². The van der Waals surface area contributed by atoms with Gasteiger partial charge in [0.15, 0.2) is 11.6 Å². The molecule has 0 spiro atoms. The molecule has 0 saturated carbocycles. The molecule has 0 saturated heterocycles. The Kier molecular flexibility index (Phi) is 5.20. The Morgan fingerprint density at radius 1 is 1.05 bits per heavy atom. The maximum Gasteiger partial charge on any atom is 0.227 e. The first-order chi connectivity index (χ1) is 10.5. The second-order valence-corrected chi connectivity index (χ2v) is 4.87. The topological polar surface area (TPSA) is 20.3 Å². The summed E-state index contributed by atoms with van der Waals surface area (Å²) in [5.41, 5.74) is 1.03. The number of hydrogen-bond donors (Lipinski definition) is 0. The fraction of sp³-hybridized carbons (Fsp3) is 0.235. The lowest BCUT2D eigenvalue weighted by atomic mass is 10.1. The number of carbonyl (C=O) groups is 1. The van der Waals surface area contributed by atoms with Crippen LogP contribution in [0, 0.1) is 17.5 Å². The summed E-state index contributed by atoms with van der Waals surface area (Å²) >= 11 is 0. The predicted molar refractivity (Wildman–Crippen MR) is 79.1 cm³/mol. The Labute approximate surface area is 127 Å². The van der Waals surface area contributed by atoms with Crippen LogP contribution in [0.4, 0.5) is 18.9 Å². The van der Waals surface area contributed by atoms with E-state index in [-0.39, 0.29) is 18.1 Å². The molecule has 0 aromatic heterocycles. The van der Waals surface area contributed by atoms with E-state index in [1.54, 1.807) is 19.1 Å². The van der Waals surface area contributed by atoms with Gasteiger partial charge in [-0.05, 0) is 43.2 Å². The van der Waals surface area contributed by atoms with E-state index in [0.29, 0.717) is 18.7 Å². The molecule has 116 valence electrons. The van der Waals surface area contributed by atoms with Crippen LogP contribution in [0.25, 0.3) is 0 Å². The van der Waals surface area contributed by atoms with Crippen molar-refractivity contribution in [2.45, 2.75) is 19.8 Å². The van der Waals surface area contributed by atoms with Gasteiger partial charge in [-0.1, -0.05) is 12.1 Å². The van der Waals surface area contributed by atoms with Crippen molar-refractivity contribution in [3.05, 3.63) is 65.5 Å². The standard InChI is InChI=1S/C17H16F3NO/c1-2-21(14-7-8-15(19)16(20)11-14)17(22)9-6-12-4-3-5-13(18)10-12/h3-5,7-8,10-11H,2,6,9H2,1H3. The van der Waals surface area contributed by atoms with Crippen LogP contribution < -0.4 is 4.90 Å². The first-order valence-electron chi connectivity index (χ1n) is 7.01. The van der Waals surface area contributed by atoms with Crippen LogP contribution in [0.3, 0.4) is 0 Å². The molecule has 22 heavy (non-hydrogen) atoms. The fourth-order valence-electron chi connectivity index (χ4n) is 2.23. The zero-order valence-electron chi connectivity index (χ0n) is 12.2. The minimum absolute atomic E-state index is 0.163. The summed E-state index contributed by atoms with van der Waals surface area (Å²) in [7, 11) is 0. The molecular weight excluding hydrogens is 291 g/mol. The lowest BCUT2D eigenvalue weighted by molar-refractivity contribution is -0.118. The van der Waals surface area contributed by atoms with E-state index in [2.05, 4.69) is 0 Å². The molecule has 0 atom stereocenters. The number of anilines is 1. The van der Waals surface area contributed by atoms with Gasteiger partial charge < -0.3 is 4.90 Å². The molecule has 0 bridgehead atoms. The average Bonchev–Trinajstić information content (AvgIpc) is 2.49. The highest BCUT2D eigenvalue weighted by molar-refractivity contribution is 5.93. The molecule has 0 fully saturated rings. The molecule has 0 heterocycles. The lowest BCUT2D eigenvalue weighted by Gasteiger charge is -2.21. The smallest absolute Gasteiger partial charge is 0.227 e. The third-order valence-corrected chi connectivity index (χ3v) is 3.35. The lowest BCUT2D eigenvalue weighted by Crippen LogP contribution is -2.30. The van der Waals surface area contributed by atoms with Crippen molar-refractivity contribution in [3.63, 3.8) is 0 Å². The molecule has 2 rings (SSSR count). The first-order valence-corrected chi connectivity index (χ1v) is 7.01. The molecular formula is C17H16F3NO. The van der Waals surface area contributed by atoms with Crippen LogP contribution in [0.5, 0.6) is 0 Å². The van der Waals surface area contributed by atoms with Gasteiger partial charge in [-0.15, -0.1) is 0 Å². The minimum Gasteiger partial charge on any atom is -0.313 e. The van der Waals surface area contributed by atoms with Gasteiger partial charge in [0.2, 0.25) is 5.91 Å². The Bertz CT molecular complexity index is 673. The van der Waals surface area contributed by atoms with Crippen molar-refractivity contribution in [2.24, 2.45) is 0 Å². The monoisotopic (exact) mass is 307 g/mol. The Morgan fingerprint density at radius 2 is 1.82 bits per heavy atom. The summed E-state index contributed by atoms with van der Waals surface area (Å²) in [4.78, 5) is 13.6. The SMILES string of the molecule is CCN(C(=O)CCc1cccc(F)c1)c1ccc(F)c(F)c1. The molecule has 2 aromatic rings. The maximum absolute atomic E-state index is 13.3. The summed E-state index contributed by atoms with van der Waals surface area (Å²) in [6.45, 7) is 2.09. The molecule has 5 heteroatoms. The second kappa shape index (κ2) is 7.11. The van der Waals surface area contributed by atoms with Gasteiger partial charge in [0.05, 0.1) is 0 Å². The number of benzene rings is 2. The number of amides is 1. The molecule has 0 N–H and O–H groups in total. The highest BCUT2D eigenvalue weighted by Crippen LogP contribution is 2.19. The number of rotatable bonds is 5. The maximum atomic E-state index is 13.3. The Balaban J connectivity index is 2.07. The summed E-state index contributed by atoms with van der Waals surface area (Å²) < 4.78 is 39.3. The van der Waals surface area contributed by atoms with Crippen molar-refractivity contribution in [1.82, 2.24) is 0 Å². The van der Waals surface area contributed by atoms with Crippen molar-refractivity contribution in [1.29, 1.82) is 0 Å². The van der Waals surface area contributed by atoms with Gasteiger partial charge in [-0.2, -0.15) is 0 Å². The number of nitrogens with zero attached hydrogens (tertiary/aromatic N) is 1.